The van der Waals surface area contributed by atoms with Crippen LogP contribution in [0.3, 0.4) is 0 Å². The van der Waals surface area contributed by atoms with Gasteiger partial charge in [-0.15, -0.1) is 11.3 Å². The summed E-state index contributed by atoms with van der Waals surface area (Å²) in [6.07, 6.45) is 1.60. The van der Waals surface area contributed by atoms with Gasteiger partial charge in [-0.3, -0.25) is 14.9 Å². The highest BCUT2D eigenvalue weighted by molar-refractivity contribution is 7.15. The van der Waals surface area contributed by atoms with Crippen molar-refractivity contribution in [3.05, 3.63) is 44.9 Å². The lowest BCUT2D eigenvalue weighted by Crippen LogP contribution is -2.19. The van der Waals surface area contributed by atoms with Crippen molar-refractivity contribution in [3.63, 3.8) is 0 Å². The number of hydrogen-bond acceptors (Lipinski definition) is 5. The predicted molar refractivity (Wildman–Crippen MR) is 72.7 cm³/mol. The molecule has 2 N–H and O–H groups in total. The highest BCUT2D eigenvalue weighted by Gasteiger charge is 2.26. The molecule has 0 saturated heterocycles. The fraction of sp³-hybridized carbons (Fsp3) is 0.0833. The van der Waals surface area contributed by atoms with Gasteiger partial charge in [0.05, 0.1) is 23.9 Å². The van der Waals surface area contributed by atoms with E-state index in [4.69, 9.17) is 11.6 Å². The number of nitrogens with zero attached hydrogens (tertiary/aromatic N) is 1. The molecular weight excluding hydrogens is 286 g/mol. The minimum atomic E-state index is -0.360. The van der Waals surface area contributed by atoms with Crippen LogP contribution in [0.5, 0.6) is 0 Å². The predicted octanol–water partition coefficient (Wildman–Crippen LogP) is 2.29. The molecule has 1 aromatic carbocycles. The maximum atomic E-state index is 11.5. The highest BCUT2D eigenvalue weighted by atomic mass is 35.5. The SMILES string of the molecule is O=C1NC(=O)c2cc(NCc3ncc(Cl)s3)ccc21. The lowest BCUT2D eigenvalue weighted by atomic mass is 10.1. The first-order valence-electron chi connectivity index (χ1n) is 5.47. The number of carbonyl (C=O) groups is 2. The molecule has 0 aliphatic carbocycles. The van der Waals surface area contributed by atoms with Crippen LogP contribution in [0.15, 0.2) is 24.4 Å². The fourth-order valence-electron chi connectivity index (χ4n) is 1.83. The Balaban J connectivity index is 1.78. The zero-order valence-electron chi connectivity index (χ0n) is 9.57. The van der Waals surface area contributed by atoms with E-state index >= 15 is 0 Å². The number of amides is 2. The Hall–Kier alpha value is -1.92. The first-order valence-corrected chi connectivity index (χ1v) is 6.67. The van der Waals surface area contributed by atoms with Gasteiger partial charge < -0.3 is 5.32 Å². The summed E-state index contributed by atoms with van der Waals surface area (Å²) in [5.74, 6) is -0.709. The van der Waals surface area contributed by atoms with Gasteiger partial charge in [0.2, 0.25) is 0 Å². The van der Waals surface area contributed by atoms with E-state index in [-0.39, 0.29) is 11.8 Å². The summed E-state index contributed by atoms with van der Waals surface area (Å²) in [4.78, 5) is 27.0. The number of carbonyl (C=O) groups excluding carboxylic acids is 2. The van der Waals surface area contributed by atoms with Crippen LogP contribution in [-0.2, 0) is 6.54 Å². The molecular formula is C12H8ClN3O2S. The van der Waals surface area contributed by atoms with Gasteiger partial charge in [0, 0.05) is 5.69 Å². The third-order valence-electron chi connectivity index (χ3n) is 2.70. The minimum Gasteiger partial charge on any atom is -0.379 e. The van der Waals surface area contributed by atoms with Gasteiger partial charge in [0.25, 0.3) is 11.8 Å². The van der Waals surface area contributed by atoms with Crippen LogP contribution in [0.2, 0.25) is 4.34 Å². The van der Waals surface area contributed by atoms with Gasteiger partial charge in [-0.1, -0.05) is 11.6 Å². The molecule has 19 heavy (non-hydrogen) atoms. The molecule has 2 heterocycles. The van der Waals surface area contributed by atoms with E-state index < -0.39 is 0 Å². The Morgan fingerprint density at radius 2 is 2.05 bits per heavy atom. The smallest absolute Gasteiger partial charge is 0.259 e. The molecule has 0 atom stereocenters. The number of hydrogen-bond donors (Lipinski definition) is 2. The maximum absolute atomic E-state index is 11.5. The summed E-state index contributed by atoms with van der Waals surface area (Å²) >= 11 is 7.18. The number of fused-ring (bicyclic) bond motifs is 1. The minimum absolute atomic E-state index is 0.349. The number of halogens is 1. The summed E-state index contributed by atoms with van der Waals surface area (Å²) in [7, 11) is 0. The Morgan fingerprint density at radius 3 is 2.79 bits per heavy atom. The van der Waals surface area contributed by atoms with Crippen LogP contribution in [0, 0.1) is 0 Å². The number of thiazole rings is 1. The van der Waals surface area contributed by atoms with E-state index in [9.17, 15) is 9.59 Å². The van der Waals surface area contributed by atoms with E-state index in [1.54, 1.807) is 24.4 Å². The van der Waals surface area contributed by atoms with Crippen LogP contribution in [-0.4, -0.2) is 16.8 Å². The van der Waals surface area contributed by atoms with E-state index in [0.29, 0.717) is 22.0 Å². The number of anilines is 1. The molecule has 2 aromatic rings. The Bertz CT molecular complexity index is 683. The fourth-order valence-corrected chi connectivity index (χ4v) is 2.72. The molecule has 0 spiro atoms. The first-order chi connectivity index (χ1) is 9.13. The van der Waals surface area contributed by atoms with Crippen LogP contribution in [0.4, 0.5) is 5.69 Å². The van der Waals surface area contributed by atoms with Gasteiger partial charge in [-0.2, -0.15) is 0 Å². The first kappa shape index (κ1) is 12.1. The van der Waals surface area contributed by atoms with Crippen molar-refractivity contribution in [1.29, 1.82) is 0 Å². The van der Waals surface area contributed by atoms with Gasteiger partial charge in [-0.25, -0.2) is 4.98 Å². The lowest BCUT2D eigenvalue weighted by molar-refractivity contribution is 0.0879. The molecule has 1 aromatic heterocycles. The second kappa shape index (κ2) is 4.64. The van der Waals surface area contributed by atoms with Gasteiger partial charge in [-0.05, 0) is 18.2 Å². The number of benzene rings is 1. The number of nitrogens with one attached hydrogen (secondary N) is 2. The summed E-state index contributed by atoms with van der Waals surface area (Å²) in [6, 6.07) is 5.05. The monoisotopic (exact) mass is 293 g/mol. The molecule has 0 fully saturated rings. The lowest BCUT2D eigenvalue weighted by Gasteiger charge is -2.05. The molecule has 3 rings (SSSR count). The second-order valence-corrected chi connectivity index (χ2v) is 5.70. The zero-order chi connectivity index (χ0) is 13.4. The summed E-state index contributed by atoms with van der Waals surface area (Å²) in [5, 5.41) is 6.24. The van der Waals surface area contributed by atoms with Crippen LogP contribution >= 0.6 is 22.9 Å². The highest BCUT2D eigenvalue weighted by Crippen LogP contribution is 2.22. The standard InChI is InChI=1S/C12H8ClN3O2S/c13-9-4-15-10(19-9)5-14-6-1-2-7-8(3-6)12(18)16-11(7)17/h1-4,14H,5H2,(H,16,17,18). The largest absolute Gasteiger partial charge is 0.379 e. The van der Waals surface area contributed by atoms with Gasteiger partial charge in [0.15, 0.2) is 0 Å². The van der Waals surface area contributed by atoms with Crippen molar-refractivity contribution in [2.45, 2.75) is 6.54 Å². The molecule has 7 heteroatoms. The average molecular weight is 294 g/mol. The topological polar surface area (TPSA) is 71.1 Å². The van der Waals surface area contributed by atoms with E-state index in [2.05, 4.69) is 15.6 Å². The second-order valence-electron chi connectivity index (χ2n) is 3.96. The quantitative estimate of drug-likeness (QED) is 0.852. The van der Waals surface area contributed by atoms with Crippen LogP contribution in [0.25, 0.3) is 0 Å². The Kier molecular flexibility index (Phi) is 2.96. The number of imide groups is 1. The molecule has 0 bridgehead atoms. The Labute approximate surface area is 117 Å². The van der Waals surface area contributed by atoms with Crippen LogP contribution < -0.4 is 10.6 Å². The Morgan fingerprint density at radius 1 is 1.26 bits per heavy atom. The number of rotatable bonds is 3. The molecule has 0 radical (unpaired) electrons. The normalized spacial score (nSPS) is 13.3. The van der Waals surface area contributed by atoms with Crippen molar-refractivity contribution in [2.75, 3.05) is 5.32 Å². The molecule has 1 aliphatic heterocycles. The van der Waals surface area contributed by atoms with Crippen molar-refractivity contribution >= 4 is 40.4 Å². The van der Waals surface area contributed by atoms with Crippen molar-refractivity contribution in [2.24, 2.45) is 0 Å². The van der Waals surface area contributed by atoms with Gasteiger partial charge in [0.1, 0.15) is 9.34 Å². The molecule has 1 aliphatic rings. The summed E-state index contributed by atoms with van der Waals surface area (Å²) in [6.45, 7) is 0.520. The maximum Gasteiger partial charge on any atom is 0.259 e. The third kappa shape index (κ3) is 2.32. The van der Waals surface area contributed by atoms with E-state index in [1.165, 1.54) is 11.3 Å². The molecule has 96 valence electrons. The molecule has 0 saturated carbocycles. The molecule has 2 amide bonds. The van der Waals surface area contributed by atoms with E-state index in [1.807, 2.05) is 0 Å². The van der Waals surface area contributed by atoms with Crippen LogP contribution in [0.1, 0.15) is 25.7 Å². The average Bonchev–Trinajstić information content (AvgIpc) is 2.92. The number of aromatic nitrogens is 1. The van der Waals surface area contributed by atoms with Gasteiger partial charge >= 0.3 is 0 Å². The molecule has 0 unspecified atom stereocenters. The van der Waals surface area contributed by atoms with Crippen molar-refractivity contribution < 1.29 is 9.59 Å². The van der Waals surface area contributed by atoms with Crippen molar-refractivity contribution in [1.82, 2.24) is 10.3 Å². The third-order valence-corrected chi connectivity index (χ3v) is 3.82. The summed E-state index contributed by atoms with van der Waals surface area (Å²) < 4.78 is 0.635. The van der Waals surface area contributed by atoms with Crippen molar-refractivity contribution in [3.8, 4) is 0 Å². The summed E-state index contributed by atoms with van der Waals surface area (Å²) in [5.41, 5.74) is 1.56. The van der Waals surface area contributed by atoms with E-state index in [0.717, 1.165) is 10.7 Å². The zero-order valence-corrected chi connectivity index (χ0v) is 11.1. The molecule has 5 nitrogen and oxygen atoms in total.